The van der Waals surface area contributed by atoms with Crippen molar-refractivity contribution in [3.05, 3.63) is 86.0 Å². The van der Waals surface area contributed by atoms with Gasteiger partial charge in [-0.15, -0.1) is 0 Å². The van der Waals surface area contributed by atoms with Gasteiger partial charge in [-0.1, -0.05) is 13.0 Å². The number of nitro groups is 1. The van der Waals surface area contributed by atoms with Gasteiger partial charge in [-0.25, -0.2) is 9.50 Å². The minimum absolute atomic E-state index is 0.00740. The van der Waals surface area contributed by atoms with E-state index < -0.39 is 10.3 Å². The maximum atomic E-state index is 13.1. The number of amides is 1. The van der Waals surface area contributed by atoms with Crippen LogP contribution in [-0.2, 0) is 16.6 Å². The van der Waals surface area contributed by atoms with Crippen molar-refractivity contribution < 1.29 is 19.2 Å². The van der Waals surface area contributed by atoms with Crippen molar-refractivity contribution in [2.75, 3.05) is 27.3 Å². The normalized spacial score (nSPS) is 14.8. The lowest BCUT2D eigenvalue weighted by Crippen LogP contribution is -2.45. The molecule has 5 rings (SSSR count). The molecule has 40 heavy (non-hydrogen) atoms. The summed E-state index contributed by atoms with van der Waals surface area (Å²) in [5.74, 6) is 1.22. The quantitative estimate of drug-likeness (QED) is 0.274. The van der Waals surface area contributed by atoms with E-state index in [-0.39, 0.29) is 23.6 Å². The molecule has 2 aromatic heterocycles. The molecule has 0 saturated carbocycles. The number of aromatic nitrogens is 3. The highest BCUT2D eigenvalue weighted by molar-refractivity contribution is 5.80. The lowest BCUT2D eigenvalue weighted by atomic mass is 9.77. The van der Waals surface area contributed by atoms with Gasteiger partial charge in [-0.2, -0.15) is 0 Å². The van der Waals surface area contributed by atoms with Crippen LogP contribution in [0.25, 0.3) is 16.8 Å². The van der Waals surface area contributed by atoms with Gasteiger partial charge in [0.25, 0.3) is 11.2 Å². The van der Waals surface area contributed by atoms with Crippen LogP contribution >= 0.6 is 0 Å². The third-order valence-corrected chi connectivity index (χ3v) is 7.81. The molecule has 0 spiro atoms. The van der Waals surface area contributed by atoms with Gasteiger partial charge in [-0.05, 0) is 55.2 Å². The Morgan fingerprint density at radius 1 is 1.07 bits per heavy atom. The molecule has 0 aliphatic carbocycles. The van der Waals surface area contributed by atoms with E-state index in [1.807, 2.05) is 24.0 Å². The number of nitrogens with zero attached hydrogens (tertiary/aromatic N) is 4. The first-order chi connectivity index (χ1) is 19.1. The average molecular weight is 546 g/mol. The predicted octanol–water partition coefficient (Wildman–Crippen LogP) is 4.05. The van der Waals surface area contributed by atoms with Crippen LogP contribution in [-0.4, -0.2) is 57.6 Å². The number of nitro benzene ring substituents is 1. The van der Waals surface area contributed by atoms with E-state index in [0.717, 1.165) is 22.4 Å². The summed E-state index contributed by atoms with van der Waals surface area (Å²) >= 11 is 0. The number of piperidine rings is 1. The minimum Gasteiger partial charge on any atom is -0.493 e. The number of carbonyl (C=O) groups is 1. The van der Waals surface area contributed by atoms with Gasteiger partial charge in [0.05, 0.1) is 31.3 Å². The number of methoxy groups -OCH3 is 2. The van der Waals surface area contributed by atoms with Crippen LogP contribution in [0.1, 0.15) is 36.7 Å². The zero-order valence-corrected chi connectivity index (χ0v) is 22.9. The van der Waals surface area contributed by atoms with Crippen molar-refractivity contribution in [1.29, 1.82) is 0 Å². The highest BCUT2D eigenvalue weighted by Gasteiger charge is 2.35. The first-order valence-electron chi connectivity index (χ1n) is 13.0. The van der Waals surface area contributed by atoms with Crippen molar-refractivity contribution >= 4 is 17.2 Å². The van der Waals surface area contributed by atoms with Gasteiger partial charge < -0.3 is 14.4 Å². The van der Waals surface area contributed by atoms with E-state index in [1.54, 1.807) is 38.5 Å². The second kappa shape index (κ2) is 10.5. The highest BCUT2D eigenvalue weighted by Crippen LogP contribution is 2.36. The molecule has 0 unspecified atom stereocenters. The van der Waals surface area contributed by atoms with E-state index in [9.17, 15) is 19.7 Å². The Balaban J connectivity index is 1.37. The number of likely N-dealkylation sites (tertiary alicyclic amines) is 1. The molecule has 2 aromatic carbocycles. The second-order valence-corrected chi connectivity index (χ2v) is 10.4. The molecule has 0 atom stereocenters. The fourth-order valence-electron chi connectivity index (χ4n) is 5.34. The molecule has 3 heterocycles. The second-order valence-electron chi connectivity index (χ2n) is 10.4. The summed E-state index contributed by atoms with van der Waals surface area (Å²) in [4.78, 5) is 43.7. The van der Waals surface area contributed by atoms with E-state index in [1.165, 1.54) is 16.6 Å². The Labute approximate surface area is 230 Å². The lowest BCUT2D eigenvalue weighted by molar-refractivity contribution is -0.384. The summed E-state index contributed by atoms with van der Waals surface area (Å²) < 4.78 is 12.0. The molecular formula is C29H31N5O6. The number of aryl methyl sites for hydroxylation is 1. The Hall–Kier alpha value is -4.67. The molecular weight excluding hydrogens is 514 g/mol. The van der Waals surface area contributed by atoms with Gasteiger partial charge >= 0.3 is 0 Å². The largest absolute Gasteiger partial charge is 0.493 e. The highest BCUT2D eigenvalue weighted by atomic mass is 16.6. The first-order valence-corrected chi connectivity index (χ1v) is 13.0. The Kier molecular flexibility index (Phi) is 7.05. The summed E-state index contributed by atoms with van der Waals surface area (Å²) in [6, 6.07) is 13.2. The fraction of sp³-hybridized carbons (Fsp3) is 0.345. The van der Waals surface area contributed by atoms with Gasteiger partial charge in [-0.3, -0.25) is 24.8 Å². The molecule has 1 aliphatic heterocycles. The average Bonchev–Trinajstić information content (AvgIpc) is 3.29. The van der Waals surface area contributed by atoms with E-state index in [4.69, 9.17) is 14.5 Å². The number of nitrogens with one attached hydrogen (secondary N) is 1. The zero-order valence-electron chi connectivity index (χ0n) is 22.9. The molecule has 1 aliphatic rings. The smallest absolute Gasteiger partial charge is 0.272 e. The zero-order chi connectivity index (χ0) is 28.6. The summed E-state index contributed by atoms with van der Waals surface area (Å²) in [5.41, 5.74) is 3.54. The van der Waals surface area contributed by atoms with Crippen LogP contribution in [0.3, 0.4) is 0 Å². The topological polar surface area (TPSA) is 132 Å². The van der Waals surface area contributed by atoms with Crippen LogP contribution in [0.15, 0.2) is 53.3 Å². The van der Waals surface area contributed by atoms with Crippen molar-refractivity contribution in [2.45, 2.75) is 38.5 Å². The maximum absolute atomic E-state index is 13.1. The number of ether oxygens (including phenoxy) is 2. The number of H-pyrrole nitrogens is 1. The van der Waals surface area contributed by atoms with E-state index >= 15 is 0 Å². The lowest BCUT2D eigenvalue weighted by Gasteiger charge is -2.39. The predicted molar refractivity (Wildman–Crippen MR) is 149 cm³/mol. The van der Waals surface area contributed by atoms with Gasteiger partial charge in [0, 0.05) is 48.0 Å². The van der Waals surface area contributed by atoms with Crippen molar-refractivity contribution in [2.24, 2.45) is 0 Å². The number of hydrogen-bond acceptors (Lipinski definition) is 7. The number of carbonyl (C=O) groups excluding carboxylic acids is 1. The van der Waals surface area contributed by atoms with Crippen LogP contribution in [0.2, 0.25) is 0 Å². The minimum atomic E-state index is -0.446. The summed E-state index contributed by atoms with van der Waals surface area (Å²) in [7, 11) is 3.14. The van der Waals surface area contributed by atoms with E-state index in [0.29, 0.717) is 48.8 Å². The maximum Gasteiger partial charge on any atom is 0.272 e. The van der Waals surface area contributed by atoms with Crippen molar-refractivity contribution in [3.63, 3.8) is 0 Å². The Morgan fingerprint density at radius 3 is 2.38 bits per heavy atom. The number of fused-ring (bicyclic) bond motifs is 1. The number of rotatable bonds is 7. The molecule has 0 radical (unpaired) electrons. The molecule has 4 aromatic rings. The molecule has 208 valence electrons. The molecule has 1 fully saturated rings. The summed E-state index contributed by atoms with van der Waals surface area (Å²) in [5, 5.41) is 14.2. The fourth-order valence-corrected chi connectivity index (χ4v) is 5.34. The monoisotopic (exact) mass is 545 g/mol. The van der Waals surface area contributed by atoms with Crippen molar-refractivity contribution in [1.82, 2.24) is 19.5 Å². The molecule has 1 saturated heterocycles. The summed E-state index contributed by atoms with van der Waals surface area (Å²) in [6.45, 7) is 5.01. The molecule has 0 bridgehead atoms. The van der Waals surface area contributed by atoms with Gasteiger partial charge in [0.15, 0.2) is 17.1 Å². The SMILES string of the molecule is COc1ccc(CC(=O)N2CCC(C)(c3cc(=O)n4[nH]c(C)c(-c5ccc([N+](=O)[O-])cc5)c4n3)CC2)cc1OC. The van der Waals surface area contributed by atoms with Gasteiger partial charge in [0.1, 0.15) is 0 Å². The molecule has 11 heteroatoms. The summed E-state index contributed by atoms with van der Waals surface area (Å²) in [6.07, 6.45) is 1.57. The van der Waals surface area contributed by atoms with E-state index in [2.05, 4.69) is 12.0 Å². The molecule has 1 amide bonds. The standard InChI is InChI=1S/C29H31N5O6/c1-18-27(20-6-8-21(9-7-20)34(37)38)28-30-24(17-26(36)33(28)31-18)29(2)11-13-32(14-12-29)25(35)16-19-5-10-22(39-3)23(15-19)40-4/h5-10,15,17,31H,11-14,16H2,1-4H3. The third-order valence-electron chi connectivity index (χ3n) is 7.81. The van der Waals surface area contributed by atoms with Crippen LogP contribution in [0.5, 0.6) is 11.5 Å². The van der Waals surface area contributed by atoms with Crippen molar-refractivity contribution in [3.8, 4) is 22.6 Å². The number of non-ortho nitro benzene ring substituents is 1. The Morgan fingerprint density at radius 2 is 1.75 bits per heavy atom. The number of aromatic amines is 1. The third kappa shape index (κ3) is 4.90. The number of hydrogen-bond donors (Lipinski definition) is 1. The Bertz CT molecular complexity index is 1650. The van der Waals surface area contributed by atoms with Crippen LogP contribution in [0.4, 0.5) is 5.69 Å². The molecule has 11 nitrogen and oxygen atoms in total. The van der Waals surface area contributed by atoms with Gasteiger partial charge in [0.2, 0.25) is 5.91 Å². The van der Waals surface area contributed by atoms with Crippen LogP contribution in [0, 0.1) is 17.0 Å². The van der Waals surface area contributed by atoms with Crippen LogP contribution < -0.4 is 15.0 Å². The molecule has 1 N–H and O–H groups in total. The number of benzene rings is 2. The first kappa shape index (κ1) is 26.9.